The first-order valence-electron chi connectivity index (χ1n) is 9.67. The second-order valence-corrected chi connectivity index (χ2v) is 9.09. The first-order chi connectivity index (χ1) is 15.8. The summed E-state index contributed by atoms with van der Waals surface area (Å²) in [5.41, 5.74) is 1.35. The van der Waals surface area contributed by atoms with Gasteiger partial charge < -0.3 is 4.74 Å². The van der Waals surface area contributed by atoms with E-state index in [0.717, 1.165) is 10.5 Å². The predicted molar refractivity (Wildman–Crippen MR) is 135 cm³/mol. The highest BCUT2D eigenvalue weighted by Crippen LogP contribution is 2.36. The standard InChI is InChI=1S/C24H15Br2FN2O3S/c25-17-11-15(12-18(26)21(17)32-13-14-6-2-1-3-7-14)10-16-22(30)28-24(33)29(23(16)31)20-9-5-4-8-19(20)27/h1-12H,13H2,(H,28,30,33)/b16-10+. The van der Waals surface area contributed by atoms with Gasteiger partial charge in [-0.25, -0.2) is 9.29 Å². The van der Waals surface area contributed by atoms with Gasteiger partial charge in [0.15, 0.2) is 5.11 Å². The number of para-hydroxylation sites is 1. The van der Waals surface area contributed by atoms with Gasteiger partial charge in [-0.1, -0.05) is 42.5 Å². The topological polar surface area (TPSA) is 58.6 Å². The SMILES string of the molecule is O=C1NC(=S)N(c2ccccc2F)C(=O)/C1=C/c1cc(Br)c(OCc2ccccc2)c(Br)c1. The molecule has 1 saturated heterocycles. The lowest BCUT2D eigenvalue weighted by atomic mass is 10.1. The van der Waals surface area contributed by atoms with Crippen LogP contribution in [0, 0.1) is 5.82 Å². The summed E-state index contributed by atoms with van der Waals surface area (Å²) in [7, 11) is 0. The molecule has 1 heterocycles. The summed E-state index contributed by atoms with van der Waals surface area (Å²) in [5.74, 6) is -1.43. The van der Waals surface area contributed by atoms with Crippen molar-refractivity contribution in [2.75, 3.05) is 4.90 Å². The molecule has 0 radical (unpaired) electrons. The molecule has 0 bridgehead atoms. The van der Waals surface area contributed by atoms with E-state index >= 15 is 0 Å². The van der Waals surface area contributed by atoms with E-state index in [2.05, 4.69) is 37.2 Å². The van der Waals surface area contributed by atoms with Crippen molar-refractivity contribution in [3.8, 4) is 5.75 Å². The third-order valence-electron chi connectivity index (χ3n) is 4.75. The maximum absolute atomic E-state index is 14.3. The average Bonchev–Trinajstić information content (AvgIpc) is 2.78. The minimum atomic E-state index is -0.717. The number of nitrogens with zero attached hydrogens (tertiary/aromatic N) is 1. The lowest BCUT2D eigenvalue weighted by molar-refractivity contribution is -0.122. The smallest absolute Gasteiger partial charge is 0.270 e. The van der Waals surface area contributed by atoms with Gasteiger partial charge in [-0.2, -0.15) is 0 Å². The second-order valence-electron chi connectivity index (χ2n) is 7.00. The number of thiocarbonyl (C=S) groups is 1. The van der Waals surface area contributed by atoms with Crippen molar-refractivity contribution >= 4 is 72.8 Å². The molecule has 166 valence electrons. The maximum Gasteiger partial charge on any atom is 0.270 e. The minimum Gasteiger partial charge on any atom is -0.487 e. The Balaban J connectivity index is 1.63. The fraction of sp³-hybridized carbons (Fsp3) is 0.0417. The van der Waals surface area contributed by atoms with Gasteiger partial charge in [0.25, 0.3) is 11.8 Å². The molecule has 3 aromatic carbocycles. The maximum atomic E-state index is 14.3. The Morgan fingerprint density at radius 3 is 2.30 bits per heavy atom. The molecular weight excluding hydrogens is 575 g/mol. The number of hydrogen-bond acceptors (Lipinski definition) is 4. The molecule has 0 spiro atoms. The van der Waals surface area contributed by atoms with Crippen LogP contribution in [0.5, 0.6) is 5.75 Å². The number of amides is 2. The Kier molecular flexibility index (Phi) is 7.02. The summed E-state index contributed by atoms with van der Waals surface area (Å²) in [5, 5.41) is 2.27. The first kappa shape index (κ1) is 23.3. The van der Waals surface area contributed by atoms with Crippen molar-refractivity contribution in [3.05, 3.63) is 98.2 Å². The largest absolute Gasteiger partial charge is 0.487 e. The van der Waals surface area contributed by atoms with Gasteiger partial charge in [-0.05, 0) is 85.5 Å². The van der Waals surface area contributed by atoms with Gasteiger partial charge in [0.1, 0.15) is 23.7 Å². The number of halogens is 3. The fourth-order valence-corrected chi connectivity index (χ4v) is 4.93. The van der Waals surface area contributed by atoms with E-state index in [1.165, 1.54) is 24.3 Å². The van der Waals surface area contributed by atoms with Crippen LogP contribution in [0.25, 0.3) is 6.08 Å². The number of carbonyl (C=O) groups excluding carboxylic acids is 2. The molecule has 33 heavy (non-hydrogen) atoms. The van der Waals surface area contributed by atoms with Gasteiger partial charge in [-0.3, -0.25) is 14.9 Å². The predicted octanol–water partition coefficient (Wildman–Crippen LogP) is 5.76. The molecular formula is C24H15Br2FN2O3S. The van der Waals surface area contributed by atoms with E-state index in [9.17, 15) is 14.0 Å². The van der Waals surface area contributed by atoms with Crippen molar-refractivity contribution in [2.45, 2.75) is 6.61 Å². The monoisotopic (exact) mass is 588 g/mol. The van der Waals surface area contributed by atoms with Crippen molar-refractivity contribution in [1.29, 1.82) is 0 Å². The number of nitrogens with one attached hydrogen (secondary N) is 1. The zero-order chi connectivity index (χ0) is 23.5. The van der Waals surface area contributed by atoms with E-state index < -0.39 is 17.6 Å². The Morgan fingerprint density at radius 2 is 1.64 bits per heavy atom. The van der Waals surface area contributed by atoms with Crippen LogP contribution in [0.15, 0.2) is 81.2 Å². The van der Waals surface area contributed by atoms with Crippen LogP contribution < -0.4 is 15.0 Å². The molecule has 4 rings (SSSR count). The third kappa shape index (κ3) is 5.05. The molecule has 9 heteroatoms. The molecule has 1 N–H and O–H groups in total. The fourth-order valence-electron chi connectivity index (χ4n) is 3.21. The van der Waals surface area contributed by atoms with Gasteiger partial charge in [0.05, 0.1) is 14.6 Å². The molecule has 1 aliphatic heterocycles. The second kappa shape index (κ2) is 9.94. The molecule has 3 aromatic rings. The van der Waals surface area contributed by atoms with E-state index in [-0.39, 0.29) is 16.4 Å². The lowest BCUT2D eigenvalue weighted by Crippen LogP contribution is -2.54. The zero-order valence-electron chi connectivity index (χ0n) is 16.8. The van der Waals surface area contributed by atoms with E-state index in [4.69, 9.17) is 17.0 Å². The van der Waals surface area contributed by atoms with Crippen LogP contribution >= 0.6 is 44.1 Å². The third-order valence-corrected chi connectivity index (χ3v) is 6.22. The Morgan fingerprint density at radius 1 is 1.00 bits per heavy atom. The highest BCUT2D eigenvalue weighted by atomic mass is 79.9. The number of benzene rings is 3. The molecule has 0 atom stereocenters. The minimum absolute atomic E-state index is 0.0366. The van der Waals surface area contributed by atoms with Crippen LogP contribution in [-0.2, 0) is 16.2 Å². The molecule has 2 amide bonds. The van der Waals surface area contributed by atoms with Crippen LogP contribution in [0.3, 0.4) is 0 Å². The summed E-state index contributed by atoms with van der Waals surface area (Å²) >= 11 is 12.1. The molecule has 5 nitrogen and oxygen atoms in total. The first-order valence-corrected chi connectivity index (χ1v) is 11.7. The van der Waals surface area contributed by atoms with E-state index in [1.54, 1.807) is 18.2 Å². The van der Waals surface area contributed by atoms with Gasteiger partial charge in [-0.15, -0.1) is 0 Å². The zero-order valence-corrected chi connectivity index (χ0v) is 20.8. The number of anilines is 1. The number of carbonyl (C=O) groups is 2. The summed E-state index contributed by atoms with van der Waals surface area (Å²) in [6, 6.07) is 18.9. The normalized spacial score (nSPS) is 15.1. The quantitative estimate of drug-likeness (QED) is 0.233. The van der Waals surface area contributed by atoms with Crippen LogP contribution in [0.4, 0.5) is 10.1 Å². The Bertz CT molecular complexity index is 1270. The van der Waals surface area contributed by atoms with Gasteiger partial charge in [0, 0.05) is 0 Å². The molecule has 1 aliphatic rings. The van der Waals surface area contributed by atoms with E-state index in [0.29, 0.717) is 26.9 Å². The van der Waals surface area contributed by atoms with Crippen LogP contribution in [0.1, 0.15) is 11.1 Å². The number of rotatable bonds is 5. The lowest BCUT2D eigenvalue weighted by Gasteiger charge is -2.29. The van der Waals surface area contributed by atoms with Crippen molar-refractivity contribution in [2.24, 2.45) is 0 Å². The van der Waals surface area contributed by atoms with Crippen molar-refractivity contribution in [1.82, 2.24) is 5.32 Å². The molecule has 1 fully saturated rings. The number of hydrogen-bond donors (Lipinski definition) is 1. The average molecular weight is 590 g/mol. The Hall–Kier alpha value is -2.88. The number of ether oxygens (including phenoxy) is 1. The Labute approximate surface area is 211 Å². The van der Waals surface area contributed by atoms with Crippen LogP contribution in [0.2, 0.25) is 0 Å². The summed E-state index contributed by atoms with van der Waals surface area (Å²) in [6.45, 7) is 0.369. The molecule has 0 aromatic heterocycles. The van der Waals surface area contributed by atoms with Gasteiger partial charge >= 0.3 is 0 Å². The van der Waals surface area contributed by atoms with Crippen LogP contribution in [-0.4, -0.2) is 16.9 Å². The van der Waals surface area contributed by atoms with E-state index in [1.807, 2.05) is 30.3 Å². The van der Waals surface area contributed by atoms with Gasteiger partial charge in [0.2, 0.25) is 0 Å². The molecule has 0 aliphatic carbocycles. The summed E-state index contributed by atoms with van der Waals surface area (Å²) < 4.78 is 21.5. The highest BCUT2D eigenvalue weighted by Gasteiger charge is 2.35. The highest BCUT2D eigenvalue weighted by molar-refractivity contribution is 9.11. The van der Waals surface area contributed by atoms with Crippen molar-refractivity contribution in [3.63, 3.8) is 0 Å². The molecule has 0 saturated carbocycles. The summed E-state index contributed by atoms with van der Waals surface area (Å²) in [4.78, 5) is 26.6. The molecule has 0 unspecified atom stereocenters. The summed E-state index contributed by atoms with van der Waals surface area (Å²) in [6.07, 6.45) is 1.42. The van der Waals surface area contributed by atoms with Crippen molar-refractivity contribution < 1.29 is 18.7 Å².